The molecule has 0 spiro atoms. The number of para-hydroxylation sites is 1. The summed E-state index contributed by atoms with van der Waals surface area (Å²) in [6.07, 6.45) is 0.618. The van der Waals surface area contributed by atoms with Crippen LogP contribution >= 0.6 is 0 Å². The van der Waals surface area contributed by atoms with Crippen LogP contribution in [-0.4, -0.2) is 45.6 Å². The van der Waals surface area contributed by atoms with Crippen molar-refractivity contribution >= 4 is 17.6 Å². The normalized spacial score (nSPS) is 20.8. The lowest BCUT2D eigenvalue weighted by atomic mass is 9.93. The van der Waals surface area contributed by atoms with Crippen LogP contribution in [0.3, 0.4) is 0 Å². The third-order valence-electron chi connectivity index (χ3n) is 4.14. The first kappa shape index (κ1) is 18.2. The highest BCUT2D eigenvalue weighted by Gasteiger charge is 2.44. The molecule has 0 N–H and O–H groups in total. The summed E-state index contributed by atoms with van der Waals surface area (Å²) in [5.74, 6) is -2.40. The van der Waals surface area contributed by atoms with Crippen molar-refractivity contribution in [3.05, 3.63) is 29.8 Å². The number of nitrogens with zero attached hydrogens (tertiary/aromatic N) is 1. The molecule has 1 aliphatic rings. The van der Waals surface area contributed by atoms with Gasteiger partial charge >= 0.3 is 11.9 Å². The van der Waals surface area contributed by atoms with Gasteiger partial charge in [-0.25, -0.2) is 9.90 Å². The fourth-order valence-corrected chi connectivity index (χ4v) is 2.86. The Balaban J connectivity index is 2.42. The molecule has 0 unspecified atom stereocenters. The zero-order chi connectivity index (χ0) is 17.7. The van der Waals surface area contributed by atoms with Crippen LogP contribution in [0.4, 0.5) is 5.69 Å². The fraction of sp³-hybridized carbons (Fsp3) is 0.529. The number of aryl methyl sites for hydroxylation is 1. The van der Waals surface area contributed by atoms with E-state index in [0.29, 0.717) is 12.8 Å². The number of carbonyl (C=O) groups excluding carboxylic acids is 2. The van der Waals surface area contributed by atoms with E-state index in [1.54, 1.807) is 12.2 Å². The molecule has 0 aromatic heterocycles. The lowest BCUT2D eigenvalue weighted by molar-refractivity contribution is -0.181. The first-order valence-corrected chi connectivity index (χ1v) is 7.73. The number of benzene rings is 1. The molecule has 7 heteroatoms. The maximum Gasteiger partial charge on any atom is 0.322 e. The monoisotopic (exact) mass is 337 g/mol. The molecule has 1 heterocycles. The van der Waals surface area contributed by atoms with Crippen LogP contribution in [0.5, 0.6) is 0 Å². The van der Waals surface area contributed by atoms with Crippen molar-refractivity contribution in [3.8, 4) is 0 Å². The highest BCUT2D eigenvalue weighted by Crippen LogP contribution is 2.33. The van der Waals surface area contributed by atoms with E-state index in [1.165, 1.54) is 14.2 Å². The molecule has 1 aliphatic heterocycles. The van der Waals surface area contributed by atoms with E-state index in [1.807, 2.05) is 31.2 Å². The summed E-state index contributed by atoms with van der Waals surface area (Å²) in [6.45, 7) is 1.93. The van der Waals surface area contributed by atoms with Gasteiger partial charge in [0.2, 0.25) is 0 Å². The molecule has 2 rings (SSSR count). The molecule has 7 nitrogen and oxygen atoms in total. The van der Waals surface area contributed by atoms with Crippen molar-refractivity contribution in [2.75, 3.05) is 26.4 Å². The average Bonchev–Trinajstić information content (AvgIpc) is 2.62. The van der Waals surface area contributed by atoms with E-state index in [9.17, 15) is 9.59 Å². The molecular formula is C17H23NO6. The molecule has 24 heavy (non-hydrogen) atoms. The van der Waals surface area contributed by atoms with Crippen molar-refractivity contribution in [2.45, 2.75) is 32.1 Å². The summed E-state index contributed by atoms with van der Waals surface area (Å²) < 4.78 is 14.9. The highest BCUT2D eigenvalue weighted by atomic mass is 16.8. The molecule has 0 bridgehead atoms. The Labute approximate surface area is 141 Å². The lowest BCUT2D eigenvalue weighted by Crippen LogP contribution is -2.53. The molecular weight excluding hydrogens is 314 g/mol. The first-order valence-electron chi connectivity index (χ1n) is 7.73. The van der Waals surface area contributed by atoms with E-state index in [2.05, 4.69) is 0 Å². The molecule has 1 fully saturated rings. The number of hydroxylamine groups is 1. The Bertz CT molecular complexity index is 574. The minimum absolute atomic E-state index is 0.447. The zero-order valence-corrected chi connectivity index (χ0v) is 14.4. The second-order valence-corrected chi connectivity index (χ2v) is 5.55. The lowest BCUT2D eigenvalue weighted by Gasteiger charge is -2.41. The fourth-order valence-electron chi connectivity index (χ4n) is 2.86. The molecule has 1 aromatic carbocycles. The predicted molar refractivity (Wildman–Crippen MR) is 86.1 cm³/mol. The largest absolute Gasteiger partial charge is 0.468 e. The Morgan fingerprint density at radius 2 is 1.75 bits per heavy atom. The summed E-state index contributed by atoms with van der Waals surface area (Å²) in [6, 6.07) is 7.02. The van der Waals surface area contributed by atoms with Gasteiger partial charge in [-0.3, -0.25) is 9.59 Å². The van der Waals surface area contributed by atoms with Gasteiger partial charge in [-0.05, 0) is 25.0 Å². The maximum absolute atomic E-state index is 12.2. The van der Waals surface area contributed by atoms with Crippen LogP contribution < -0.4 is 5.06 Å². The van der Waals surface area contributed by atoms with Crippen molar-refractivity contribution < 1.29 is 28.6 Å². The number of anilines is 1. The van der Waals surface area contributed by atoms with Crippen molar-refractivity contribution in [2.24, 2.45) is 5.92 Å². The van der Waals surface area contributed by atoms with Gasteiger partial charge in [0.1, 0.15) is 0 Å². The summed E-state index contributed by atoms with van der Waals surface area (Å²) in [4.78, 5) is 30.3. The second-order valence-electron chi connectivity index (χ2n) is 5.55. The standard InChI is InChI=1S/C17H23NO6/c1-11-7-5-6-8-12(11)18-13(9-10-14(21-2)24-18)15(16(19)22-3)17(20)23-4/h5-8,13-15H,9-10H2,1-4H3/t13-,14-/m1/s1. The minimum atomic E-state index is -1.10. The number of hydrogen-bond donors (Lipinski definition) is 0. The first-order chi connectivity index (χ1) is 11.5. The molecule has 0 radical (unpaired) electrons. The van der Waals surface area contributed by atoms with Crippen molar-refractivity contribution in [1.29, 1.82) is 0 Å². The van der Waals surface area contributed by atoms with Crippen LogP contribution in [0.1, 0.15) is 18.4 Å². The summed E-state index contributed by atoms with van der Waals surface area (Å²) in [5.41, 5.74) is 1.72. The summed E-state index contributed by atoms with van der Waals surface area (Å²) in [7, 11) is 4.05. The maximum atomic E-state index is 12.2. The van der Waals surface area contributed by atoms with Gasteiger partial charge in [-0.2, -0.15) is 0 Å². The molecule has 1 saturated heterocycles. The minimum Gasteiger partial charge on any atom is -0.468 e. The zero-order valence-electron chi connectivity index (χ0n) is 14.4. The van der Waals surface area contributed by atoms with E-state index in [-0.39, 0.29) is 0 Å². The van der Waals surface area contributed by atoms with E-state index >= 15 is 0 Å². The van der Waals surface area contributed by atoms with E-state index in [4.69, 9.17) is 19.0 Å². The van der Waals surface area contributed by atoms with E-state index in [0.717, 1.165) is 11.3 Å². The van der Waals surface area contributed by atoms with Crippen LogP contribution in [0, 0.1) is 12.8 Å². The number of rotatable bonds is 5. The topological polar surface area (TPSA) is 74.3 Å². The number of methoxy groups -OCH3 is 3. The summed E-state index contributed by atoms with van der Waals surface area (Å²) >= 11 is 0. The Morgan fingerprint density at radius 1 is 1.12 bits per heavy atom. The number of hydrogen-bond acceptors (Lipinski definition) is 7. The van der Waals surface area contributed by atoms with Crippen LogP contribution in [0.2, 0.25) is 0 Å². The van der Waals surface area contributed by atoms with Gasteiger partial charge in [0.15, 0.2) is 12.2 Å². The smallest absolute Gasteiger partial charge is 0.322 e. The van der Waals surface area contributed by atoms with Crippen LogP contribution in [-0.2, 0) is 28.6 Å². The van der Waals surface area contributed by atoms with Crippen LogP contribution in [0.15, 0.2) is 24.3 Å². The molecule has 1 aromatic rings. The SMILES string of the molecule is COC(=O)C(C(=O)OC)[C@H]1CC[C@H](OC)ON1c1ccccc1C. The number of carbonyl (C=O) groups is 2. The Morgan fingerprint density at radius 3 is 2.29 bits per heavy atom. The number of esters is 2. The van der Waals surface area contributed by atoms with Gasteiger partial charge in [0.25, 0.3) is 0 Å². The third-order valence-corrected chi connectivity index (χ3v) is 4.14. The quantitative estimate of drug-likeness (QED) is 0.599. The van der Waals surface area contributed by atoms with Gasteiger partial charge in [-0.15, -0.1) is 0 Å². The summed E-state index contributed by atoms with van der Waals surface area (Å²) in [5, 5.41) is 1.57. The number of ether oxygens (including phenoxy) is 3. The van der Waals surface area contributed by atoms with Crippen molar-refractivity contribution in [3.63, 3.8) is 0 Å². The van der Waals surface area contributed by atoms with Gasteiger partial charge in [0.05, 0.1) is 25.9 Å². The second kappa shape index (κ2) is 8.12. The van der Waals surface area contributed by atoms with Crippen LogP contribution in [0.25, 0.3) is 0 Å². The third kappa shape index (κ3) is 3.68. The highest BCUT2D eigenvalue weighted by molar-refractivity contribution is 5.96. The van der Waals surface area contributed by atoms with Crippen molar-refractivity contribution in [1.82, 2.24) is 0 Å². The predicted octanol–water partition coefficient (Wildman–Crippen LogP) is 1.83. The molecule has 2 atom stereocenters. The Hall–Kier alpha value is -2.12. The molecule has 0 amide bonds. The molecule has 132 valence electrons. The van der Waals surface area contributed by atoms with Gasteiger partial charge in [-0.1, -0.05) is 18.2 Å². The molecule has 0 saturated carbocycles. The molecule has 0 aliphatic carbocycles. The van der Waals surface area contributed by atoms with E-state index < -0.39 is 30.2 Å². The van der Waals surface area contributed by atoms with Gasteiger partial charge < -0.3 is 14.2 Å². The average molecular weight is 337 g/mol. The Kier molecular flexibility index (Phi) is 6.16. The van der Waals surface area contributed by atoms with Gasteiger partial charge in [0, 0.05) is 13.5 Å².